The summed E-state index contributed by atoms with van der Waals surface area (Å²) in [5.74, 6) is 1.41. The fourth-order valence-electron chi connectivity index (χ4n) is 6.99. The minimum Gasteiger partial charge on any atom is -0.455 e. The highest BCUT2D eigenvalue weighted by Gasteiger charge is 2.50. The highest BCUT2D eigenvalue weighted by Crippen LogP contribution is 2.42. The van der Waals surface area contributed by atoms with Crippen LogP contribution in [0.1, 0.15) is 62.7 Å². The lowest BCUT2D eigenvalue weighted by Gasteiger charge is -2.52. The summed E-state index contributed by atoms with van der Waals surface area (Å²) < 4.78 is 13.2. The van der Waals surface area contributed by atoms with E-state index in [0.717, 1.165) is 91.8 Å². The minimum atomic E-state index is -0.496. The van der Waals surface area contributed by atoms with Crippen LogP contribution in [0, 0.1) is 5.92 Å². The summed E-state index contributed by atoms with van der Waals surface area (Å²) in [4.78, 5) is 14.0. The molecule has 2 aromatic carbocycles. The summed E-state index contributed by atoms with van der Waals surface area (Å²) in [6.45, 7) is 3.92. The van der Waals surface area contributed by atoms with Crippen molar-refractivity contribution >= 4 is 5.97 Å². The second kappa shape index (κ2) is 9.85. The molecule has 0 spiro atoms. The van der Waals surface area contributed by atoms with Gasteiger partial charge < -0.3 is 13.7 Å². The van der Waals surface area contributed by atoms with Gasteiger partial charge >= 0.3 is 5.97 Å². The Kier molecular flexibility index (Phi) is 6.43. The Morgan fingerprint density at radius 1 is 0.944 bits per heavy atom. The van der Waals surface area contributed by atoms with Crippen molar-refractivity contribution in [1.82, 2.24) is 5.16 Å². The molecule has 188 valence electrons. The van der Waals surface area contributed by atoms with Crippen molar-refractivity contribution in [1.29, 1.82) is 0 Å². The summed E-state index contributed by atoms with van der Waals surface area (Å²) in [7, 11) is 0. The normalized spacial score (nSPS) is 27.3. The van der Waals surface area contributed by atoms with E-state index in [1.54, 1.807) is 0 Å². The van der Waals surface area contributed by atoms with Gasteiger partial charge in [0.1, 0.15) is 18.8 Å². The van der Waals surface area contributed by atoms with Crippen LogP contribution in [-0.2, 0) is 21.5 Å². The number of fused-ring (bicyclic) bond motifs is 3. The van der Waals surface area contributed by atoms with Crippen LogP contribution in [0.3, 0.4) is 0 Å². The zero-order valence-corrected chi connectivity index (χ0v) is 21.1. The Morgan fingerprint density at radius 2 is 1.61 bits per heavy atom. The van der Waals surface area contributed by atoms with Gasteiger partial charge in [0, 0.05) is 30.4 Å². The first-order valence-corrected chi connectivity index (χ1v) is 13.8. The quantitative estimate of drug-likeness (QED) is 0.234. The molecule has 0 unspecified atom stereocenters. The number of hydrogen-bond acceptors (Lipinski definition) is 4. The van der Waals surface area contributed by atoms with Crippen LogP contribution in [0.25, 0.3) is 11.3 Å². The van der Waals surface area contributed by atoms with E-state index in [4.69, 9.17) is 9.26 Å². The summed E-state index contributed by atoms with van der Waals surface area (Å²) >= 11 is 0. The third-order valence-electron chi connectivity index (χ3n) is 9.09. The molecule has 7 rings (SSSR count). The van der Waals surface area contributed by atoms with Crippen LogP contribution in [0.15, 0.2) is 71.3 Å². The molecule has 0 N–H and O–H groups in total. The lowest BCUT2D eigenvalue weighted by atomic mass is 9.74. The van der Waals surface area contributed by atoms with E-state index < -0.39 is 5.41 Å². The number of ether oxygens (including phenoxy) is 1. The first kappa shape index (κ1) is 23.5. The van der Waals surface area contributed by atoms with Crippen LogP contribution >= 0.6 is 0 Å². The Labute approximate surface area is 214 Å². The molecule has 36 heavy (non-hydrogen) atoms. The predicted octanol–water partition coefficient (Wildman–Crippen LogP) is 6.29. The maximum Gasteiger partial charge on any atom is 0.317 e. The molecule has 1 saturated carbocycles. The van der Waals surface area contributed by atoms with E-state index in [1.807, 2.05) is 24.3 Å². The second-order valence-corrected chi connectivity index (χ2v) is 11.3. The summed E-state index contributed by atoms with van der Waals surface area (Å²) in [5.41, 5.74) is 2.60. The maximum absolute atomic E-state index is 14.0. The third-order valence-corrected chi connectivity index (χ3v) is 9.09. The molecule has 5 heteroatoms. The van der Waals surface area contributed by atoms with Crippen molar-refractivity contribution in [3.05, 3.63) is 78.1 Å². The van der Waals surface area contributed by atoms with Crippen molar-refractivity contribution in [2.75, 3.05) is 19.6 Å². The average molecular weight is 486 g/mol. The number of nitrogens with zero attached hydrogens (tertiary/aromatic N) is 2. The van der Waals surface area contributed by atoms with Gasteiger partial charge in [0.25, 0.3) is 0 Å². The van der Waals surface area contributed by atoms with Crippen LogP contribution in [0.2, 0.25) is 0 Å². The van der Waals surface area contributed by atoms with Crippen molar-refractivity contribution in [2.24, 2.45) is 5.92 Å². The number of carbonyl (C=O) groups excluding carboxylic acids is 1. The van der Waals surface area contributed by atoms with Crippen molar-refractivity contribution in [3.8, 4) is 11.3 Å². The SMILES string of the molecule is O=C(O[C@H]1C[N+]2(Cc3cc(-c4ccccc4)no3)CCC1CC2)C1(c2ccccc2)CCCCCC1. The molecule has 5 nitrogen and oxygen atoms in total. The Balaban J connectivity index is 1.19. The van der Waals surface area contributed by atoms with Gasteiger partial charge in [0.05, 0.1) is 18.5 Å². The zero-order chi connectivity index (χ0) is 24.4. The standard InChI is InChI=1S/C31H37N2O3/c34-30(31(17-9-1-2-10-18-31)26-13-7-4-8-14-26)35-29-23-33(19-15-25(29)16-20-33)22-27-21-28(32-36-27)24-11-5-3-6-12-24/h3-8,11-14,21,25,29H,1-2,9-10,15-20,22-23H2/q+1/t25?,29-,33?/m0/s1. The smallest absolute Gasteiger partial charge is 0.317 e. The monoisotopic (exact) mass is 485 g/mol. The topological polar surface area (TPSA) is 52.3 Å². The highest BCUT2D eigenvalue weighted by molar-refractivity contribution is 5.83. The molecule has 1 aliphatic carbocycles. The number of aromatic nitrogens is 1. The molecule has 4 fully saturated rings. The minimum absolute atomic E-state index is 0.0125. The van der Waals surface area contributed by atoms with E-state index in [2.05, 4.69) is 47.6 Å². The molecule has 1 atom stereocenters. The van der Waals surface area contributed by atoms with Gasteiger partial charge in [0.15, 0.2) is 11.9 Å². The number of carbonyl (C=O) groups is 1. The highest BCUT2D eigenvalue weighted by atomic mass is 16.5. The van der Waals surface area contributed by atoms with Gasteiger partial charge in [-0.3, -0.25) is 4.79 Å². The van der Waals surface area contributed by atoms with E-state index in [0.29, 0.717) is 5.92 Å². The number of hydrogen-bond donors (Lipinski definition) is 0. The Morgan fingerprint density at radius 3 is 2.31 bits per heavy atom. The van der Waals surface area contributed by atoms with Crippen LogP contribution in [0.4, 0.5) is 0 Å². The molecule has 4 aliphatic rings. The number of piperidine rings is 3. The van der Waals surface area contributed by atoms with Crippen molar-refractivity contribution < 1.29 is 18.5 Å². The third kappa shape index (κ3) is 4.50. The molecule has 3 saturated heterocycles. The molecular formula is C31H37N2O3+. The molecule has 2 bridgehead atoms. The molecule has 3 aromatic rings. The Bertz CT molecular complexity index is 1160. The fourth-order valence-corrected chi connectivity index (χ4v) is 6.99. The molecule has 0 amide bonds. The number of esters is 1. The van der Waals surface area contributed by atoms with Gasteiger partial charge in [-0.05, 0) is 18.4 Å². The summed E-state index contributed by atoms with van der Waals surface area (Å²) in [6, 6.07) is 22.7. The first-order valence-electron chi connectivity index (χ1n) is 13.8. The van der Waals surface area contributed by atoms with Crippen LogP contribution in [-0.4, -0.2) is 41.3 Å². The number of quaternary nitrogens is 1. The van der Waals surface area contributed by atoms with Crippen LogP contribution in [0.5, 0.6) is 0 Å². The van der Waals surface area contributed by atoms with Gasteiger partial charge in [-0.25, -0.2) is 0 Å². The van der Waals surface area contributed by atoms with Gasteiger partial charge in [-0.15, -0.1) is 0 Å². The molecule has 1 aromatic heterocycles. The summed E-state index contributed by atoms with van der Waals surface area (Å²) in [6.07, 6.45) is 8.58. The fraction of sp³-hybridized carbons (Fsp3) is 0.484. The summed E-state index contributed by atoms with van der Waals surface area (Å²) in [5, 5.41) is 4.34. The zero-order valence-electron chi connectivity index (χ0n) is 21.1. The van der Waals surface area contributed by atoms with Crippen molar-refractivity contribution in [2.45, 2.75) is 69.4 Å². The first-order chi connectivity index (χ1) is 17.7. The molecular weight excluding hydrogens is 448 g/mol. The molecule has 0 radical (unpaired) electrons. The lowest BCUT2D eigenvalue weighted by molar-refractivity contribution is -0.959. The average Bonchev–Trinajstić information content (AvgIpc) is 3.23. The number of rotatable bonds is 6. The maximum atomic E-state index is 14.0. The second-order valence-electron chi connectivity index (χ2n) is 11.3. The largest absolute Gasteiger partial charge is 0.455 e. The molecule has 4 heterocycles. The Hall–Kier alpha value is -2.92. The number of benzene rings is 2. The van der Waals surface area contributed by atoms with Gasteiger partial charge in [-0.2, -0.15) is 0 Å². The molecule has 3 aliphatic heterocycles. The van der Waals surface area contributed by atoms with E-state index in [9.17, 15) is 4.79 Å². The predicted molar refractivity (Wildman–Crippen MR) is 139 cm³/mol. The van der Waals surface area contributed by atoms with E-state index in [-0.39, 0.29) is 12.1 Å². The van der Waals surface area contributed by atoms with Crippen LogP contribution < -0.4 is 0 Å². The van der Waals surface area contributed by atoms with Crippen molar-refractivity contribution in [3.63, 3.8) is 0 Å². The van der Waals surface area contributed by atoms with Gasteiger partial charge in [-0.1, -0.05) is 91.5 Å². The van der Waals surface area contributed by atoms with Gasteiger partial charge in [0.2, 0.25) is 0 Å². The van der Waals surface area contributed by atoms with E-state index in [1.165, 1.54) is 12.8 Å². The lowest BCUT2D eigenvalue weighted by Crippen LogP contribution is -2.64. The van der Waals surface area contributed by atoms with E-state index >= 15 is 0 Å².